The van der Waals surface area contributed by atoms with E-state index in [-0.39, 0.29) is 29.4 Å². The molecule has 0 atom stereocenters. The van der Waals surface area contributed by atoms with Gasteiger partial charge in [-0.3, -0.25) is 10.1 Å². The Morgan fingerprint density at radius 1 is 1.27 bits per heavy atom. The molecule has 1 aromatic carbocycles. The van der Waals surface area contributed by atoms with Crippen molar-refractivity contribution in [3.05, 3.63) is 28.3 Å². The lowest BCUT2D eigenvalue weighted by molar-refractivity contribution is -0.384. The number of rotatable bonds is 7. The summed E-state index contributed by atoms with van der Waals surface area (Å²) in [5.74, 6) is 0. The topological polar surface area (TPSA) is 131 Å². The third-order valence-corrected chi connectivity index (χ3v) is 4.86. The Morgan fingerprint density at radius 3 is 2.38 bits per heavy atom. The van der Waals surface area contributed by atoms with Crippen LogP contribution in [0.4, 0.5) is 16.2 Å². The molecule has 0 aliphatic heterocycles. The third kappa shape index (κ3) is 6.15. The molecule has 0 aliphatic rings. The van der Waals surface area contributed by atoms with Gasteiger partial charge in [-0.15, -0.1) is 0 Å². The number of hydrogen-bond donors (Lipinski definition) is 2. The molecule has 1 amide bonds. The number of nitro benzene ring substituents is 1. The van der Waals surface area contributed by atoms with Crippen molar-refractivity contribution in [1.29, 1.82) is 0 Å². The standard InChI is InChI=1S/C15H24N4O6S/c1-15(2,3)25-14(20)17-9-8-16-12-7-6-11(10-13(12)19(21)22)26(23,24)18(4)5/h6-7,10,16H,8-9H2,1-5H3,(H,17,20). The lowest BCUT2D eigenvalue weighted by atomic mass is 10.2. The number of ether oxygens (including phenoxy) is 1. The molecular formula is C15H24N4O6S. The Balaban J connectivity index is 2.79. The number of hydrogen-bond acceptors (Lipinski definition) is 7. The first kappa shape index (κ1) is 21.6. The van der Waals surface area contributed by atoms with Crippen molar-refractivity contribution in [3.8, 4) is 0 Å². The summed E-state index contributed by atoms with van der Waals surface area (Å²) in [5, 5.41) is 16.5. The van der Waals surface area contributed by atoms with Crippen molar-refractivity contribution in [1.82, 2.24) is 9.62 Å². The highest BCUT2D eigenvalue weighted by Crippen LogP contribution is 2.28. The molecule has 0 fully saturated rings. The average molecular weight is 388 g/mol. The smallest absolute Gasteiger partial charge is 0.407 e. The highest BCUT2D eigenvalue weighted by Gasteiger charge is 2.23. The van der Waals surface area contributed by atoms with Gasteiger partial charge in [-0.2, -0.15) is 0 Å². The van der Waals surface area contributed by atoms with Gasteiger partial charge in [0.05, 0.1) is 9.82 Å². The summed E-state index contributed by atoms with van der Waals surface area (Å²) in [6.07, 6.45) is -0.596. The quantitative estimate of drug-likeness (QED) is 0.413. The first-order chi connectivity index (χ1) is 11.8. The van der Waals surface area contributed by atoms with Crippen LogP contribution in [0, 0.1) is 10.1 Å². The van der Waals surface area contributed by atoms with E-state index in [0.29, 0.717) is 0 Å². The van der Waals surface area contributed by atoms with Crippen LogP contribution in [0.3, 0.4) is 0 Å². The molecule has 0 aliphatic carbocycles. The molecule has 1 rings (SSSR count). The molecule has 1 aromatic rings. The van der Waals surface area contributed by atoms with Gasteiger partial charge in [0.15, 0.2) is 0 Å². The molecule has 0 radical (unpaired) electrons. The monoisotopic (exact) mass is 388 g/mol. The van der Waals surface area contributed by atoms with E-state index in [1.165, 1.54) is 26.2 Å². The highest BCUT2D eigenvalue weighted by atomic mass is 32.2. The highest BCUT2D eigenvalue weighted by molar-refractivity contribution is 7.89. The van der Waals surface area contributed by atoms with Gasteiger partial charge in [0, 0.05) is 33.3 Å². The van der Waals surface area contributed by atoms with Crippen LogP contribution >= 0.6 is 0 Å². The molecule has 146 valence electrons. The van der Waals surface area contributed by atoms with Gasteiger partial charge in [-0.1, -0.05) is 0 Å². The number of anilines is 1. The second-order valence-corrected chi connectivity index (χ2v) is 8.73. The van der Waals surface area contributed by atoms with Crippen LogP contribution in [0.15, 0.2) is 23.1 Å². The van der Waals surface area contributed by atoms with E-state index < -0.39 is 26.6 Å². The molecule has 0 heterocycles. The minimum atomic E-state index is -3.78. The number of nitrogens with zero attached hydrogens (tertiary/aromatic N) is 2. The Kier molecular flexibility index (Phi) is 6.93. The van der Waals surface area contributed by atoms with Crippen LogP contribution in [0.25, 0.3) is 0 Å². The van der Waals surface area contributed by atoms with Crippen LogP contribution < -0.4 is 10.6 Å². The summed E-state index contributed by atoms with van der Waals surface area (Å²) in [6.45, 7) is 5.57. The van der Waals surface area contributed by atoms with Crippen molar-refractivity contribution in [2.24, 2.45) is 0 Å². The fraction of sp³-hybridized carbons (Fsp3) is 0.533. The van der Waals surface area contributed by atoms with Crippen molar-refractivity contribution >= 4 is 27.5 Å². The maximum absolute atomic E-state index is 12.1. The Hall–Kier alpha value is -2.40. The van der Waals surface area contributed by atoms with Gasteiger partial charge < -0.3 is 15.4 Å². The van der Waals surface area contributed by atoms with Crippen molar-refractivity contribution in [2.45, 2.75) is 31.3 Å². The minimum absolute atomic E-state index is 0.152. The SMILES string of the molecule is CN(C)S(=O)(=O)c1ccc(NCCNC(=O)OC(C)(C)C)c([N+](=O)[O-])c1. The zero-order valence-electron chi connectivity index (χ0n) is 15.4. The van der Waals surface area contributed by atoms with Gasteiger partial charge in [0.25, 0.3) is 5.69 Å². The number of nitro groups is 1. The van der Waals surface area contributed by atoms with Crippen molar-refractivity contribution in [3.63, 3.8) is 0 Å². The summed E-state index contributed by atoms with van der Waals surface area (Å²) >= 11 is 0. The minimum Gasteiger partial charge on any atom is -0.444 e. The predicted molar refractivity (Wildman–Crippen MR) is 96.7 cm³/mol. The molecular weight excluding hydrogens is 364 g/mol. The van der Waals surface area contributed by atoms with Crippen LogP contribution in [0.2, 0.25) is 0 Å². The van der Waals surface area contributed by atoms with E-state index in [2.05, 4.69) is 10.6 Å². The van der Waals surface area contributed by atoms with Crippen LogP contribution in [0.5, 0.6) is 0 Å². The molecule has 2 N–H and O–H groups in total. The van der Waals surface area contributed by atoms with E-state index in [1.54, 1.807) is 20.8 Å². The average Bonchev–Trinajstić information content (AvgIpc) is 2.49. The maximum atomic E-state index is 12.1. The largest absolute Gasteiger partial charge is 0.444 e. The van der Waals surface area contributed by atoms with E-state index in [0.717, 1.165) is 10.4 Å². The molecule has 0 bridgehead atoms. The second-order valence-electron chi connectivity index (χ2n) is 6.58. The van der Waals surface area contributed by atoms with Crippen molar-refractivity contribution in [2.75, 3.05) is 32.5 Å². The van der Waals surface area contributed by atoms with E-state index in [4.69, 9.17) is 4.74 Å². The normalized spacial score (nSPS) is 11.9. The molecule has 26 heavy (non-hydrogen) atoms. The Labute approximate surface area is 152 Å². The summed E-state index contributed by atoms with van der Waals surface area (Å²) in [5.41, 5.74) is -0.840. The summed E-state index contributed by atoms with van der Waals surface area (Å²) in [6, 6.07) is 3.60. The van der Waals surface area contributed by atoms with Gasteiger partial charge in [-0.25, -0.2) is 17.5 Å². The fourth-order valence-electron chi connectivity index (χ4n) is 1.86. The van der Waals surface area contributed by atoms with E-state index >= 15 is 0 Å². The maximum Gasteiger partial charge on any atom is 0.407 e. The fourth-order valence-corrected chi connectivity index (χ4v) is 2.78. The number of benzene rings is 1. The van der Waals surface area contributed by atoms with Gasteiger partial charge in [-0.05, 0) is 32.9 Å². The second kappa shape index (κ2) is 8.32. The number of amides is 1. The van der Waals surface area contributed by atoms with E-state index in [9.17, 15) is 23.3 Å². The molecule has 0 unspecified atom stereocenters. The van der Waals surface area contributed by atoms with Crippen molar-refractivity contribution < 1.29 is 22.9 Å². The van der Waals surface area contributed by atoms with Gasteiger partial charge in [0.2, 0.25) is 10.0 Å². The molecule has 11 heteroatoms. The summed E-state index contributed by atoms with van der Waals surface area (Å²) in [4.78, 5) is 21.9. The first-order valence-electron chi connectivity index (χ1n) is 7.76. The summed E-state index contributed by atoms with van der Waals surface area (Å²) < 4.78 is 30.2. The van der Waals surface area contributed by atoms with Gasteiger partial charge >= 0.3 is 6.09 Å². The Bertz CT molecular complexity index is 771. The molecule has 0 aromatic heterocycles. The Morgan fingerprint density at radius 2 is 1.88 bits per heavy atom. The molecule has 10 nitrogen and oxygen atoms in total. The molecule has 0 saturated carbocycles. The zero-order chi connectivity index (χ0) is 20.1. The zero-order valence-corrected chi connectivity index (χ0v) is 16.2. The summed E-state index contributed by atoms with van der Waals surface area (Å²) in [7, 11) is -1.09. The first-order valence-corrected chi connectivity index (χ1v) is 9.20. The number of alkyl carbamates (subject to hydrolysis) is 1. The van der Waals surface area contributed by atoms with E-state index in [1.807, 2.05) is 0 Å². The van der Waals surface area contributed by atoms with Crippen LogP contribution in [-0.2, 0) is 14.8 Å². The number of carbonyl (C=O) groups is 1. The lowest BCUT2D eigenvalue weighted by Gasteiger charge is -2.19. The molecule has 0 saturated heterocycles. The predicted octanol–water partition coefficient (Wildman–Crippen LogP) is 1.78. The number of carbonyl (C=O) groups excluding carboxylic acids is 1. The van der Waals surface area contributed by atoms with Crippen LogP contribution in [0.1, 0.15) is 20.8 Å². The lowest BCUT2D eigenvalue weighted by Crippen LogP contribution is -2.35. The number of nitrogens with one attached hydrogen (secondary N) is 2. The molecule has 0 spiro atoms. The number of sulfonamides is 1. The van der Waals surface area contributed by atoms with Gasteiger partial charge in [0.1, 0.15) is 11.3 Å². The third-order valence-electron chi connectivity index (χ3n) is 3.05. The van der Waals surface area contributed by atoms with Crippen LogP contribution in [-0.4, -0.2) is 56.5 Å².